The van der Waals surface area contributed by atoms with Crippen molar-refractivity contribution >= 4 is 5.71 Å². The summed E-state index contributed by atoms with van der Waals surface area (Å²) in [6.07, 6.45) is 0.539. The Hall–Kier alpha value is -1.51. The SMILES string of the molecule is CCC(=N)c1cccc(O)c1O. The summed E-state index contributed by atoms with van der Waals surface area (Å²) in [6, 6.07) is 4.61. The van der Waals surface area contributed by atoms with Crippen LogP contribution in [0.4, 0.5) is 0 Å². The van der Waals surface area contributed by atoms with Crippen LogP contribution in [0.25, 0.3) is 0 Å². The van der Waals surface area contributed by atoms with Gasteiger partial charge in [0.05, 0.1) is 0 Å². The first-order chi connectivity index (χ1) is 5.66. The van der Waals surface area contributed by atoms with Crippen molar-refractivity contribution in [3.8, 4) is 11.5 Å². The van der Waals surface area contributed by atoms with E-state index >= 15 is 0 Å². The molecule has 12 heavy (non-hydrogen) atoms. The minimum Gasteiger partial charge on any atom is -0.504 e. The maximum Gasteiger partial charge on any atom is 0.166 e. The Labute approximate surface area is 70.8 Å². The van der Waals surface area contributed by atoms with Crippen molar-refractivity contribution in [3.05, 3.63) is 23.8 Å². The first-order valence-electron chi connectivity index (χ1n) is 3.75. The van der Waals surface area contributed by atoms with Gasteiger partial charge in [0.1, 0.15) is 0 Å². The van der Waals surface area contributed by atoms with Crippen LogP contribution in [0, 0.1) is 5.41 Å². The van der Waals surface area contributed by atoms with Crippen LogP contribution in [0.2, 0.25) is 0 Å². The lowest BCUT2D eigenvalue weighted by Gasteiger charge is -2.04. The van der Waals surface area contributed by atoms with Gasteiger partial charge in [0.15, 0.2) is 11.5 Å². The van der Waals surface area contributed by atoms with Crippen molar-refractivity contribution in [3.63, 3.8) is 0 Å². The van der Waals surface area contributed by atoms with E-state index in [1.807, 2.05) is 6.92 Å². The Morgan fingerprint density at radius 2 is 2.08 bits per heavy atom. The fourth-order valence-electron chi connectivity index (χ4n) is 0.965. The Balaban J connectivity index is 3.16. The largest absolute Gasteiger partial charge is 0.504 e. The summed E-state index contributed by atoms with van der Waals surface area (Å²) >= 11 is 0. The van der Waals surface area contributed by atoms with Crippen molar-refractivity contribution in [1.82, 2.24) is 0 Å². The number of para-hydroxylation sites is 1. The van der Waals surface area contributed by atoms with Gasteiger partial charge in [-0.25, -0.2) is 0 Å². The fourth-order valence-corrected chi connectivity index (χ4v) is 0.965. The van der Waals surface area contributed by atoms with Gasteiger partial charge in [0.25, 0.3) is 0 Å². The number of phenols is 2. The molecule has 0 saturated heterocycles. The quantitative estimate of drug-likeness (QED) is 0.462. The summed E-state index contributed by atoms with van der Waals surface area (Å²) in [4.78, 5) is 0. The highest BCUT2D eigenvalue weighted by atomic mass is 16.3. The second-order valence-corrected chi connectivity index (χ2v) is 2.51. The van der Waals surface area contributed by atoms with Gasteiger partial charge in [-0.2, -0.15) is 0 Å². The monoisotopic (exact) mass is 165 g/mol. The third-order valence-corrected chi connectivity index (χ3v) is 1.69. The van der Waals surface area contributed by atoms with Crippen molar-refractivity contribution in [2.75, 3.05) is 0 Å². The molecule has 0 heterocycles. The molecule has 0 amide bonds. The van der Waals surface area contributed by atoms with Crippen molar-refractivity contribution in [2.45, 2.75) is 13.3 Å². The predicted molar refractivity (Wildman–Crippen MR) is 46.9 cm³/mol. The van der Waals surface area contributed by atoms with Crippen molar-refractivity contribution < 1.29 is 10.2 Å². The van der Waals surface area contributed by atoms with E-state index in [1.54, 1.807) is 12.1 Å². The van der Waals surface area contributed by atoms with Crippen molar-refractivity contribution in [2.24, 2.45) is 0 Å². The van der Waals surface area contributed by atoms with Crippen molar-refractivity contribution in [1.29, 1.82) is 5.41 Å². The van der Waals surface area contributed by atoms with E-state index < -0.39 is 0 Å². The van der Waals surface area contributed by atoms with Crippen LogP contribution in [-0.2, 0) is 0 Å². The summed E-state index contributed by atoms with van der Waals surface area (Å²) in [6.45, 7) is 1.83. The molecule has 0 saturated carbocycles. The normalized spacial score (nSPS) is 9.75. The lowest BCUT2D eigenvalue weighted by Crippen LogP contribution is -1.96. The van der Waals surface area contributed by atoms with E-state index in [-0.39, 0.29) is 11.5 Å². The second kappa shape index (κ2) is 3.26. The van der Waals surface area contributed by atoms with Crippen LogP contribution in [0.15, 0.2) is 18.2 Å². The van der Waals surface area contributed by atoms with Gasteiger partial charge in [-0.3, -0.25) is 0 Å². The molecule has 0 radical (unpaired) electrons. The van der Waals surface area contributed by atoms with Crippen LogP contribution < -0.4 is 0 Å². The van der Waals surface area contributed by atoms with Crippen LogP contribution in [0.1, 0.15) is 18.9 Å². The van der Waals surface area contributed by atoms with Crippen LogP contribution in [-0.4, -0.2) is 15.9 Å². The summed E-state index contributed by atoms with van der Waals surface area (Å²) in [5.74, 6) is -0.380. The van der Waals surface area contributed by atoms with Gasteiger partial charge >= 0.3 is 0 Å². The molecule has 3 heteroatoms. The zero-order valence-electron chi connectivity index (χ0n) is 6.83. The summed E-state index contributed by atoms with van der Waals surface area (Å²) in [5, 5.41) is 25.9. The number of hydrogen-bond donors (Lipinski definition) is 3. The molecule has 3 N–H and O–H groups in total. The number of aromatic hydroxyl groups is 2. The van der Waals surface area contributed by atoms with Gasteiger partial charge in [0, 0.05) is 11.3 Å². The average molecular weight is 165 g/mol. The topological polar surface area (TPSA) is 64.3 Å². The third-order valence-electron chi connectivity index (χ3n) is 1.69. The molecule has 0 aliphatic rings. The molecule has 3 nitrogen and oxygen atoms in total. The minimum atomic E-state index is -0.204. The number of nitrogens with one attached hydrogen (secondary N) is 1. The van der Waals surface area contributed by atoms with Gasteiger partial charge in [-0.1, -0.05) is 13.0 Å². The first-order valence-corrected chi connectivity index (χ1v) is 3.75. The molecule has 0 bridgehead atoms. The van der Waals surface area contributed by atoms with E-state index in [0.29, 0.717) is 17.7 Å². The van der Waals surface area contributed by atoms with E-state index in [0.717, 1.165) is 0 Å². The Kier molecular flexibility index (Phi) is 2.33. The maximum absolute atomic E-state index is 9.31. The van der Waals surface area contributed by atoms with Gasteiger partial charge < -0.3 is 15.6 Å². The smallest absolute Gasteiger partial charge is 0.166 e. The van der Waals surface area contributed by atoms with E-state index in [9.17, 15) is 5.11 Å². The molecule has 0 spiro atoms. The maximum atomic E-state index is 9.31. The van der Waals surface area contributed by atoms with Gasteiger partial charge in [-0.05, 0) is 18.6 Å². The van der Waals surface area contributed by atoms with E-state index in [1.165, 1.54) is 6.07 Å². The number of phenolic OH excluding ortho intramolecular Hbond substituents is 2. The highest BCUT2D eigenvalue weighted by molar-refractivity contribution is 6.00. The predicted octanol–water partition coefficient (Wildman–Crippen LogP) is 1.88. The molecule has 1 aromatic rings. The zero-order valence-corrected chi connectivity index (χ0v) is 6.83. The minimum absolute atomic E-state index is 0.175. The Bertz CT molecular complexity index is 307. The average Bonchev–Trinajstić information content (AvgIpc) is 2.08. The highest BCUT2D eigenvalue weighted by Crippen LogP contribution is 2.28. The Morgan fingerprint density at radius 1 is 1.42 bits per heavy atom. The fraction of sp³-hybridized carbons (Fsp3) is 0.222. The second-order valence-electron chi connectivity index (χ2n) is 2.51. The number of hydrogen-bond acceptors (Lipinski definition) is 3. The molecule has 0 unspecified atom stereocenters. The molecule has 1 rings (SSSR count). The first kappa shape index (κ1) is 8.59. The summed E-state index contributed by atoms with van der Waals surface area (Å²) in [5.41, 5.74) is 0.723. The van der Waals surface area contributed by atoms with Crippen LogP contribution in [0.5, 0.6) is 11.5 Å². The molecule has 0 atom stereocenters. The molecular weight excluding hydrogens is 154 g/mol. The zero-order chi connectivity index (χ0) is 9.14. The van der Waals surface area contributed by atoms with E-state index in [2.05, 4.69) is 0 Å². The van der Waals surface area contributed by atoms with Gasteiger partial charge in [-0.15, -0.1) is 0 Å². The molecule has 0 aliphatic carbocycles. The summed E-state index contributed by atoms with van der Waals surface area (Å²) < 4.78 is 0. The molecule has 0 fully saturated rings. The standard InChI is InChI=1S/C9H11NO2/c1-2-7(10)6-4-3-5-8(11)9(6)12/h3-5,10-12H,2H2,1H3. The number of benzene rings is 1. The van der Waals surface area contributed by atoms with Crippen LogP contribution >= 0.6 is 0 Å². The molecular formula is C9H11NO2. The molecule has 1 aromatic carbocycles. The molecule has 0 aliphatic heterocycles. The molecule has 0 aromatic heterocycles. The van der Waals surface area contributed by atoms with Gasteiger partial charge in [0.2, 0.25) is 0 Å². The van der Waals surface area contributed by atoms with Crippen LogP contribution in [0.3, 0.4) is 0 Å². The number of rotatable bonds is 2. The lowest BCUT2D eigenvalue weighted by molar-refractivity contribution is 0.403. The Morgan fingerprint density at radius 3 is 2.67 bits per heavy atom. The third kappa shape index (κ3) is 1.39. The summed E-state index contributed by atoms with van der Waals surface area (Å²) in [7, 11) is 0. The lowest BCUT2D eigenvalue weighted by atomic mass is 10.1. The molecule has 64 valence electrons. The van der Waals surface area contributed by atoms with E-state index in [4.69, 9.17) is 10.5 Å². The highest BCUT2D eigenvalue weighted by Gasteiger charge is 2.08.